The number of hydrogen-bond acceptors (Lipinski definition) is 3. The first kappa shape index (κ1) is 17.5. The summed E-state index contributed by atoms with van der Waals surface area (Å²) in [6.07, 6.45) is 5.20. The van der Waals surface area contributed by atoms with Gasteiger partial charge in [-0.2, -0.15) is 0 Å². The van der Waals surface area contributed by atoms with Crippen LogP contribution in [0.25, 0.3) is 0 Å². The van der Waals surface area contributed by atoms with Crippen LogP contribution in [-0.4, -0.2) is 34.9 Å². The Balaban J connectivity index is 1.28. The van der Waals surface area contributed by atoms with E-state index in [0.29, 0.717) is 19.6 Å². The van der Waals surface area contributed by atoms with E-state index in [9.17, 15) is 9.59 Å². The van der Waals surface area contributed by atoms with Crippen LogP contribution in [0.1, 0.15) is 24.0 Å². The van der Waals surface area contributed by atoms with Gasteiger partial charge in [0.1, 0.15) is 0 Å². The second-order valence-electron chi connectivity index (χ2n) is 7.66. The molecule has 1 aliphatic carbocycles. The molecule has 2 aliphatic rings. The number of nitrogens with zero attached hydrogens (tertiary/aromatic N) is 2. The smallest absolute Gasteiger partial charge is 0.321 e. The molecule has 1 saturated carbocycles. The quantitative estimate of drug-likeness (QED) is 0.876. The van der Waals surface area contributed by atoms with Gasteiger partial charge in [0.15, 0.2) is 0 Å². The first-order valence-electron chi connectivity index (χ1n) is 9.35. The van der Waals surface area contributed by atoms with E-state index >= 15 is 0 Å². The van der Waals surface area contributed by atoms with Gasteiger partial charge in [0, 0.05) is 49.0 Å². The van der Waals surface area contributed by atoms with E-state index < -0.39 is 0 Å². The van der Waals surface area contributed by atoms with Crippen LogP contribution in [-0.2, 0) is 11.3 Å². The number of nitrogens with one attached hydrogen (secondary N) is 2. The molecule has 1 aromatic heterocycles. The Kier molecular flexibility index (Phi) is 4.56. The van der Waals surface area contributed by atoms with E-state index in [4.69, 9.17) is 0 Å². The summed E-state index contributed by atoms with van der Waals surface area (Å²) < 4.78 is 0. The van der Waals surface area contributed by atoms with Gasteiger partial charge >= 0.3 is 6.03 Å². The molecule has 2 N–H and O–H groups in total. The molecular formula is C21H24N4O2. The molecule has 140 valence electrons. The molecule has 2 heterocycles. The van der Waals surface area contributed by atoms with Gasteiger partial charge in [0.2, 0.25) is 5.91 Å². The van der Waals surface area contributed by atoms with Crippen LogP contribution < -0.4 is 10.6 Å². The highest BCUT2D eigenvalue weighted by Gasteiger charge is 2.61. The first-order valence-corrected chi connectivity index (χ1v) is 9.35. The molecule has 6 nitrogen and oxygen atoms in total. The third-order valence-corrected chi connectivity index (χ3v) is 5.70. The Morgan fingerprint density at radius 1 is 1.19 bits per heavy atom. The van der Waals surface area contributed by atoms with Gasteiger partial charge in [-0.3, -0.25) is 9.78 Å². The summed E-state index contributed by atoms with van der Waals surface area (Å²) in [7, 11) is 0. The number of anilines is 1. The average Bonchev–Trinajstić information content (AvgIpc) is 3.22. The molecule has 2 fully saturated rings. The Morgan fingerprint density at radius 2 is 1.93 bits per heavy atom. The molecule has 1 spiro atoms. The fourth-order valence-electron chi connectivity index (χ4n) is 3.89. The van der Waals surface area contributed by atoms with Crippen LogP contribution in [0.15, 0.2) is 48.8 Å². The minimum absolute atomic E-state index is 0.0107. The Labute approximate surface area is 159 Å². The van der Waals surface area contributed by atoms with Crippen molar-refractivity contribution in [3.05, 3.63) is 59.9 Å². The molecule has 0 unspecified atom stereocenters. The average molecular weight is 364 g/mol. The van der Waals surface area contributed by atoms with Gasteiger partial charge in [-0.1, -0.05) is 17.7 Å². The number of carbonyl (C=O) groups excluding carboxylic acids is 2. The van der Waals surface area contributed by atoms with E-state index in [1.54, 1.807) is 12.4 Å². The van der Waals surface area contributed by atoms with Crippen molar-refractivity contribution in [2.75, 3.05) is 18.4 Å². The molecule has 0 bridgehead atoms. The predicted octanol–water partition coefficient (Wildman–Crippen LogP) is 2.95. The van der Waals surface area contributed by atoms with Crippen molar-refractivity contribution in [3.8, 4) is 0 Å². The minimum atomic E-state index is -0.0847. The summed E-state index contributed by atoms with van der Waals surface area (Å²) >= 11 is 0. The summed E-state index contributed by atoms with van der Waals surface area (Å²) in [5, 5.41) is 5.96. The van der Waals surface area contributed by atoms with E-state index in [-0.39, 0.29) is 23.3 Å². The van der Waals surface area contributed by atoms with Crippen LogP contribution in [0.3, 0.4) is 0 Å². The summed E-state index contributed by atoms with van der Waals surface area (Å²) in [6, 6.07) is 11.5. The van der Waals surface area contributed by atoms with Crippen LogP contribution >= 0.6 is 0 Å². The zero-order valence-electron chi connectivity index (χ0n) is 15.4. The second-order valence-corrected chi connectivity index (χ2v) is 7.66. The van der Waals surface area contributed by atoms with Crippen molar-refractivity contribution in [2.24, 2.45) is 11.3 Å². The number of rotatable bonds is 4. The fraction of sp³-hybridized carbons (Fsp3) is 0.381. The molecule has 1 saturated heterocycles. The highest BCUT2D eigenvalue weighted by Crippen LogP contribution is 2.58. The monoisotopic (exact) mass is 364 g/mol. The molecule has 27 heavy (non-hydrogen) atoms. The standard InChI is InChI=1S/C21H24N4O2/c1-15-2-4-17(5-3-15)24-20(27)25-11-8-21(14-25)12-18(21)19(26)23-13-16-6-9-22-10-7-16/h2-7,9-10,18H,8,11-14H2,1H3,(H,23,26)(H,24,27)/t18-,21+/m1/s1. The molecule has 2 atom stereocenters. The van der Waals surface area contributed by atoms with Crippen molar-refractivity contribution < 1.29 is 9.59 Å². The second kappa shape index (κ2) is 7.02. The molecule has 3 amide bonds. The third kappa shape index (κ3) is 3.79. The summed E-state index contributed by atoms with van der Waals surface area (Å²) in [5.74, 6) is 0.101. The number of aromatic nitrogens is 1. The normalized spacial score (nSPS) is 23.3. The van der Waals surface area contributed by atoms with Crippen molar-refractivity contribution in [1.29, 1.82) is 0 Å². The number of benzene rings is 1. The predicted molar refractivity (Wildman–Crippen MR) is 103 cm³/mol. The molecule has 4 rings (SSSR count). The lowest BCUT2D eigenvalue weighted by molar-refractivity contribution is -0.123. The van der Waals surface area contributed by atoms with Crippen molar-refractivity contribution in [1.82, 2.24) is 15.2 Å². The molecule has 2 aromatic rings. The highest BCUT2D eigenvalue weighted by atomic mass is 16.2. The van der Waals surface area contributed by atoms with Crippen LogP contribution in [0, 0.1) is 18.3 Å². The number of hydrogen-bond donors (Lipinski definition) is 2. The largest absolute Gasteiger partial charge is 0.352 e. The van der Waals surface area contributed by atoms with E-state index in [1.165, 1.54) is 0 Å². The van der Waals surface area contributed by atoms with E-state index in [2.05, 4.69) is 15.6 Å². The maximum absolute atomic E-state index is 12.5. The van der Waals surface area contributed by atoms with Crippen LogP contribution in [0.5, 0.6) is 0 Å². The fourth-order valence-corrected chi connectivity index (χ4v) is 3.89. The van der Waals surface area contributed by atoms with E-state index in [0.717, 1.165) is 29.7 Å². The lowest BCUT2D eigenvalue weighted by Gasteiger charge is -2.17. The summed E-state index contributed by atoms with van der Waals surface area (Å²) in [4.78, 5) is 30.8. The van der Waals surface area contributed by atoms with Gasteiger partial charge in [-0.15, -0.1) is 0 Å². The Hall–Kier alpha value is -2.89. The van der Waals surface area contributed by atoms with Gasteiger partial charge in [-0.25, -0.2) is 4.79 Å². The molecular weight excluding hydrogens is 340 g/mol. The maximum Gasteiger partial charge on any atom is 0.321 e. The van der Waals surface area contributed by atoms with Gasteiger partial charge in [-0.05, 0) is 49.6 Å². The summed E-state index contributed by atoms with van der Waals surface area (Å²) in [6.45, 7) is 3.89. The third-order valence-electron chi connectivity index (χ3n) is 5.70. The number of amides is 3. The van der Waals surface area contributed by atoms with Crippen molar-refractivity contribution >= 4 is 17.6 Å². The lowest BCUT2D eigenvalue weighted by atomic mass is 10.0. The molecule has 1 aliphatic heterocycles. The minimum Gasteiger partial charge on any atom is -0.352 e. The number of urea groups is 1. The number of pyridine rings is 1. The maximum atomic E-state index is 12.5. The van der Waals surface area contributed by atoms with Crippen molar-refractivity contribution in [3.63, 3.8) is 0 Å². The zero-order chi connectivity index (χ0) is 18.9. The SMILES string of the molecule is Cc1ccc(NC(=O)N2CC[C@]3(C[C@@H]3C(=O)NCc3ccncc3)C2)cc1. The molecule has 6 heteroatoms. The topological polar surface area (TPSA) is 74.3 Å². The Morgan fingerprint density at radius 3 is 2.67 bits per heavy atom. The highest BCUT2D eigenvalue weighted by molar-refractivity contribution is 5.90. The van der Waals surface area contributed by atoms with Crippen molar-refractivity contribution in [2.45, 2.75) is 26.3 Å². The number of likely N-dealkylation sites (tertiary alicyclic amines) is 1. The van der Waals surface area contributed by atoms with Gasteiger partial charge in [0.05, 0.1) is 0 Å². The summed E-state index contributed by atoms with van der Waals surface area (Å²) in [5.41, 5.74) is 2.96. The molecule has 0 radical (unpaired) electrons. The molecule has 1 aromatic carbocycles. The number of aryl methyl sites for hydroxylation is 1. The van der Waals surface area contributed by atoms with Gasteiger partial charge in [0.25, 0.3) is 0 Å². The number of carbonyl (C=O) groups is 2. The first-order chi connectivity index (χ1) is 13.1. The van der Waals surface area contributed by atoms with E-state index in [1.807, 2.05) is 48.2 Å². The Bertz CT molecular complexity index is 837. The van der Waals surface area contributed by atoms with Crippen LogP contribution in [0.2, 0.25) is 0 Å². The lowest BCUT2D eigenvalue weighted by Crippen LogP contribution is -2.34. The zero-order valence-corrected chi connectivity index (χ0v) is 15.4. The van der Waals surface area contributed by atoms with Gasteiger partial charge < -0.3 is 15.5 Å². The van der Waals surface area contributed by atoms with Crippen LogP contribution in [0.4, 0.5) is 10.5 Å².